The van der Waals surface area contributed by atoms with E-state index in [9.17, 15) is 13.6 Å². The Morgan fingerprint density at radius 2 is 1.95 bits per heavy atom. The second-order valence-electron chi connectivity index (χ2n) is 4.85. The Labute approximate surface area is 131 Å². The third-order valence-corrected chi connectivity index (χ3v) is 3.25. The van der Waals surface area contributed by atoms with Crippen LogP contribution in [0.3, 0.4) is 0 Å². The maximum Gasteiger partial charge on any atom is 0.262 e. The fourth-order valence-electron chi connectivity index (χ4n) is 1.99. The van der Waals surface area contributed by atoms with Crippen LogP contribution in [-0.4, -0.2) is 12.5 Å². The minimum Gasteiger partial charge on any atom is -0.481 e. The van der Waals surface area contributed by atoms with Gasteiger partial charge in [0.2, 0.25) is 0 Å². The Morgan fingerprint density at radius 1 is 1.23 bits per heavy atom. The predicted octanol–water partition coefficient (Wildman–Crippen LogP) is 4.25. The minimum absolute atomic E-state index is 0.191. The van der Waals surface area contributed by atoms with Crippen LogP contribution in [0, 0.1) is 25.5 Å². The monoisotopic (exact) mass is 325 g/mol. The number of carbonyl (C=O) groups excluding carboxylic acids is 1. The maximum atomic E-state index is 13.4. The molecule has 22 heavy (non-hydrogen) atoms. The largest absolute Gasteiger partial charge is 0.481 e. The Morgan fingerprint density at radius 3 is 2.59 bits per heavy atom. The van der Waals surface area contributed by atoms with Gasteiger partial charge in [-0.3, -0.25) is 4.79 Å². The Bertz CT molecular complexity index is 696. The Balaban J connectivity index is 2.02. The second-order valence-corrected chi connectivity index (χ2v) is 5.26. The van der Waals surface area contributed by atoms with Crippen LogP contribution < -0.4 is 10.1 Å². The normalized spacial score (nSPS) is 10.4. The highest BCUT2D eigenvalue weighted by atomic mass is 35.5. The van der Waals surface area contributed by atoms with Gasteiger partial charge in [0.1, 0.15) is 5.82 Å². The lowest BCUT2D eigenvalue weighted by atomic mass is 10.1. The standard InChI is InChI=1S/C16H14ClF2NO2/c1-9-5-10(2)16(12(17)6-9)20-15(21)8-22-14-4-3-11(18)7-13(14)19/h3-7H,8H2,1-2H3,(H,20,21). The molecule has 0 saturated heterocycles. The van der Waals surface area contributed by atoms with E-state index in [1.807, 2.05) is 19.9 Å². The summed E-state index contributed by atoms with van der Waals surface area (Å²) in [7, 11) is 0. The molecule has 1 N–H and O–H groups in total. The molecule has 2 rings (SSSR count). The van der Waals surface area contributed by atoms with Gasteiger partial charge in [0.05, 0.1) is 10.7 Å². The number of hydrogen-bond donors (Lipinski definition) is 1. The summed E-state index contributed by atoms with van der Waals surface area (Å²) < 4.78 is 31.2. The second kappa shape index (κ2) is 6.75. The molecule has 0 saturated carbocycles. The lowest BCUT2D eigenvalue weighted by Crippen LogP contribution is -2.21. The van der Waals surface area contributed by atoms with Crippen molar-refractivity contribution >= 4 is 23.2 Å². The third-order valence-electron chi connectivity index (χ3n) is 2.95. The summed E-state index contributed by atoms with van der Waals surface area (Å²) >= 11 is 6.08. The summed E-state index contributed by atoms with van der Waals surface area (Å²) in [6.07, 6.45) is 0. The highest BCUT2D eigenvalue weighted by Crippen LogP contribution is 2.27. The maximum absolute atomic E-state index is 13.4. The van der Waals surface area contributed by atoms with Gasteiger partial charge < -0.3 is 10.1 Å². The summed E-state index contributed by atoms with van der Waals surface area (Å²) in [6, 6.07) is 6.47. The number of benzene rings is 2. The highest BCUT2D eigenvalue weighted by Gasteiger charge is 2.11. The summed E-state index contributed by atoms with van der Waals surface area (Å²) in [6.45, 7) is 3.30. The van der Waals surface area contributed by atoms with E-state index in [1.54, 1.807) is 6.07 Å². The van der Waals surface area contributed by atoms with Crippen molar-refractivity contribution in [3.8, 4) is 5.75 Å². The van der Waals surface area contributed by atoms with Gasteiger partial charge in [-0.1, -0.05) is 17.7 Å². The van der Waals surface area contributed by atoms with Gasteiger partial charge in [0, 0.05) is 6.07 Å². The van der Waals surface area contributed by atoms with Gasteiger partial charge in [-0.15, -0.1) is 0 Å². The molecule has 0 bridgehead atoms. The molecule has 0 heterocycles. The number of ether oxygens (including phenoxy) is 1. The lowest BCUT2D eigenvalue weighted by molar-refractivity contribution is -0.118. The number of carbonyl (C=O) groups is 1. The van der Waals surface area contributed by atoms with Crippen molar-refractivity contribution in [2.45, 2.75) is 13.8 Å². The molecular weight excluding hydrogens is 312 g/mol. The van der Waals surface area contributed by atoms with Crippen molar-refractivity contribution < 1.29 is 18.3 Å². The van der Waals surface area contributed by atoms with Gasteiger partial charge in [-0.25, -0.2) is 8.78 Å². The Kier molecular flexibility index (Phi) is 4.98. The van der Waals surface area contributed by atoms with Gasteiger partial charge in [-0.2, -0.15) is 0 Å². The summed E-state index contributed by atoms with van der Waals surface area (Å²) in [5.41, 5.74) is 2.27. The van der Waals surface area contributed by atoms with Crippen LogP contribution in [0.2, 0.25) is 5.02 Å². The molecule has 0 radical (unpaired) electrons. The number of halogens is 3. The molecule has 2 aromatic carbocycles. The molecule has 1 amide bonds. The molecule has 116 valence electrons. The van der Waals surface area contributed by atoms with Crippen LogP contribution in [0.4, 0.5) is 14.5 Å². The van der Waals surface area contributed by atoms with Gasteiger partial charge in [0.25, 0.3) is 5.91 Å². The molecule has 0 fully saturated rings. The molecule has 0 aliphatic rings. The van der Waals surface area contributed by atoms with Crippen LogP contribution >= 0.6 is 11.6 Å². The van der Waals surface area contributed by atoms with E-state index in [-0.39, 0.29) is 5.75 Å². The molecule has 0 aliphatic carbocycles. The minimum atomic E-state index is -0.864. The lowest BCUT2D eigenvalue weighted by Gasteiger charge is -2.12. The van der Waals surface area contributed by atoms with E-state index in [4.69, 9.17) is 16.3 Å². The number of anilines is 1. The zero-order valence-corrected chi connectivity index (χ0v) is 12.8. The average molecular weight is 326 g/mol. The molecular formula is C16H14ClF2NO2. The van der Waals surface area contributed by atoms with Crippen molar-refractivity contribution in [1.82, 2.24) is 0 Å². The fraction of sp³-hybridized carbons (Fsp3) is 0.188. The number of hydrogen-bond acceptors (Lipinski definition) is 2. The third kappa shape index (κ3) is 3.95. The highest BCUT2D eigenvalue weighted by molar-refractivity contribution is 6.34. The molecule has 6 heteroatoms. The quantitative estimate of drug-likeness (QED) is 0.912. The number of amides is 1. The van der Waals surface area contributed by atoms with Crippen molar-refractivity contribution in [2.75, 3.05) is 11.9 Å². The van der Waals surface area contributed by atoms with E-state index in [2.05, 4.69) is 5.32 Å². The van der Waals surface area contributed by atoms with E-state index in [0.717, 1.165) is 23.3 Å². The van der Waals surface area contributed by atoms with E-state index < -0.39 is 24.1 Å². The zero-order valence-electron chi connectivity index (χ0n) is 12.0. The first-order valence-corrected chi connectivity index (χ1v) is 6.89. The average Bonchev–Trinajstić information content (AvgIpc) is 2.42. The smallest absolute Gasteiger partial charge is 0.262 e. The number of rotatable bonds is 4. The summed E-state index contributed by atoms with van der Waals surface area (Å²) in [5, 5.41) is 3.03. The van der Waals surface area contributed by atoms with Gasteiger partial charge in [0.15, 0.2) is 18.2 Å². The number of aryl methyl sites for hydroxylation is 2. The van der Waals surface area contributed by atoms with Crippen LogP contribution in [-0.2, 0) is 4.79 Å². The van der Waals surface area contributed by atoms with Crippen LogP contribution in [0.5, 0.6) is 5.75 Å². The Hall–Kier alpha value is -2.14. The van der Waals surface area contributed by atoms with E-state index in [1.165, 1.54) is 0 Å². The summed E-state index contributed by atoms with van der Waals surface area (Å²) in [5.74, 6) is -2.26. The molecule has 0 unspecified atom stereocenters. The molecule has 2 aromatic rings. The van der Waals surface area contributed by atoms with Gasteiger partial charge in [-0.05, 0) is 43.2 Å². The van der Waals surface area contributed by atoms with Crippen LogP contribution in [0.1, 0.15) is 11.1 Å². The molecule has 0 aromatic heterocycles. The summed E-state index contributed by atoms with van der Waals surface area (Å²) in [4.78, 5) is 11.9. The predicted molar refractivity (Wildman–Crippen MR) is 81.4 cm³/mol. The van der Waals surface area contributed by atoms with E-state index in [0.29, 0.717) is 16.8 Å². The molecule has 0 atom stereocenters. The first-order chi connectivity index (χ1) is 10.4. The van der Waals surface area contributed by atoms with Crippen molar-refractivity contribution in [2.24, 2.45) is 0 Å². The van der Waals surface area contributed by atoms with Crippen molar-refractivity contribution in [3.63, 3.8) is 0 Å². The van der Waals surface area contributed by atoms with Crippen molar-refractivity contribution in [1.29, 1.82) is 0 Å². The van der Waals surface area contributed by atoms with E-state index >= 15 is 0 Å². The molecule has 0 spiro atoms. The fourth-order valence-corrected chi connectivity index (χ4v) is 2.35. The number of nitrogens with one attached hydrogen (secondary N) is 1. The SMILES string of the molecule is Cc1cc(C)c(NC(=O)COc2ccc(F)cc2F)c(Cl)c1. The first kappa shape index (κ1) is 16.2. The van der Waals surface area contributed by atoms with Crippen molar-refractivity contribution in [3.05, 3.63) is 58.1 Å². The van der Waals surface area contributed by atoms with Crippen LogP contribution in [0.25, 0.3) is 0 Å². The topological polar surface area (TPSA) is 38.3 Å². The van der Waals surface area contributed by atoms with Crippen LogP contribution in [0.15, 0.2) is 30.3 Å². The molecule has 0 aliphatic heterocycles. The zero-order chi connectivity index (χ0) is 16.3. The first-order valence-electron chi connectivity index (χ1n) is 6.51. The molecule has 3 nitrogen and oxygen atoms in total. The van der Waals surface area contributed by atoms with Gasteiger partial charge >= 0.3 is 0 Å².